The fourth-order valence-corrected chi connectivity index (χ4v) is 3.14. The van der Waals surface area contributed by atoms with Crippen molar-refractivity contribution in [2.24, 2.45) is 11.7 Å². The Balaban J connectivity index is 2.11. The van der Waals surface area contributed by atoms with E-state index in [1.807, 2.05) is 18.4 Å². The maximum absolute atomic E-state index is 13.3. The van der Waals surface area contributed by atoms with E-state index in [-0.39, 0.29) is 23.5 Å². The van der Waals surface area contributed by atoms with E-state index in [4.69, 9.17) is 5.73 Å². The van der Waals surface area contributed by atoms with Crippen molar-refractivity contribution in [1.82, 2.24) is 14.8 Å². The molecular weight excluding hydrogens is 362 g/mol. The van der Waals surface area contributed by atoms with E-state index in [0.29, 0.717) is 29.9 Å². The van der Waals surface area contributed by atoms with Gasteiger partial charge in [0.1, 0.15) is 5.82 Å². The number of rotatable bonds is 9. The number of Topliss-reactive ketones (excluding diaryl/α,β-unsaturated/α-hetero) is 1. The summed E-state index contributed by atoms with van der Waals surface area (Å²) in [6.45, 7) is 4.68. The highest BCUT2D eigenvalue weighted by Crippen LogP contribution is 2.21. The normalized spacial score (nSPS) is 11.1. The minimum absolute atomic E-state index is 0.0110. The third-order valence-corrected chi connectivity index (χ3v) is 4.48. The van der Waals surface area contributed by atoms with Crippen LogP contribution in [0.15, 0.2) is 23.4 Å². The lowest BCUT2D eigenvalue weighted by molar-refractivity contribution is -0.118. The number of benzene rings is 1. The van der Waals surface area contributed by atoms with Crippen LogP contribution in [0.3, 0.4) is 0 Å². The Morgan fingerprint density at radius 2 is 1.96 bits per heavy atom. The predicted octanol–water partition coefficient (Wildman–Crippen LogP) is 2.61. The summed E-state index contributed by atoms with van der Waals surface area (Å²) in [5, 5.41) is 8.70. The third-order valence-electron chi connectivity index (χ3n) is 3.51. The lowest BCUT2D eigenvalue weighted by atomic mass is 10.1. The van der Waals surface area contributed by atoms with E-state index in [1.54, 1.807) is 0 Å². The highest BCUT2D eigenvalue weighted by Gasteiger charge is 2.17. The fourth-order valence-electron chi connectivity index (χ4n) is 2.28. The molecule has 1 amide bonds. The minimum Gasteiger partial charge on any atom is -0.370 e. The fraction of sp³-hybridized carbons (Fsp3) is 0.412. The molecule has 1 aromatic carbocycles. The summed E-state index contributed by atoms with van der Waals surface area (Å²) in [6.07, 6.45) is 0.529. The summed E-state index contributed by atoms with van der Waals surface area (Å²) in [4.78, 5) is 23.2. The molecule has 0 radical (unpaired) electrons. The van der Waals surface area contributed by atoms with Crippen LogP contribution in [0.5, 0.6) is 0 Å². The zero-order chi connectivity index (χ0) is 19.3. The molecule has 0 spiro atoms. The van der Waals surface area contributed by atoms with E-state index < -0.39 is 17.5 Å². The first-order chi connectivity index (χ1) is 12.3. The van der Waals surface area contributed by atoms with Gasteiger partial charge in [0, 0.05) is 24.9 Å². The number of aryl methyl sites for hydroxylation is 1. The molecule has 26 heavy (non-hydrogen) atoms. The van der Waals surface area contributed by atoms with Crippen LogP contribution in [0.1, 0.15) is 36.5 Å². The van der Waals surface area contributed by atoms with Gasteiger partial charge >= 0.3 is 0 Å². The molecule has 0 atom stereocenters. The number of carbonyl (C=O) groups excluding carboxylic acids is 2. The van der Waals surface area contributed by atoms with Crippen molar-refractivity contribution in [2.75, 3.05) is 5.75 Å². The van der Waals surface area contributed by atoms with Crippen LogP contribution in [-0.2, 0) is 17.8 Å². The second kappa shape index (κ2) is 8.88. The smallest absolute Gasteiger partial charge is 0.217 e. The monoisotopic (exact) mass is 382 g/mol. The number of amides is 1. The maximum atomic E-state index is 13.3. The zero-order valence-corrected chi connectivity index (χ0v) is 15.4. The zero-order valence-electron chi connectivity index (χ0n) is 14.5. The number of hydrogen-bond acceptors (Lipinski definition) is 5. The average molecular weight is 382 g/mol. The van der Waals surface area contributed by atoms with Crippen LogP contribution >= 0.6 is 11.8 Å². The molecule has 0 aliphatic rings. The van der Waals surface area contributed by atoms with Gasteiger partial charge in [-0.1, -0.05) is 25.6 Å². The molecule has 2 N–H and O–H groups in total. The molecule has 1 aromatic heterocycles. The Morgan fingerprint density at radius 3 is 2.58 bits per heavy atom. The maximum Gasteiger partial charge on any atom is 0.217 e. The van der Waals surface area contributed by atoms with Crippen LogP contribution in [-0.4, -0.2) is 32.2 Å². The topological polar surface area (TPSA) is 90.9 Å². The van der Waals surface area contributed by atoms with Gasteiger partial charge in [0.15, 0.2) is 22.6 Å². The summed E-state index contributed by atoms with van der Waals surface area (Å²) >= 11 is 1.16. The summed E-state index contributed by atoms with van der Waals surface area (Å²) < 4.78 is 28.1. The molecule has 0 saturated carbocycles. The van der Waals surface area contributed by atoms with Gasteiger partial charge in [-0.15, -0.1) is 10.2 Å². The Hall–Kier alpha value is -2.29. The Labute approximate surface area is 154 Å². The van der Waals surface area contributed by atoms with Crippen molar-refractivity contribution in [1.29, 1.82) is 0 Å². The van der Waals surface area contributed by atoms with Crippen LogP contribution < -0.4 is 5.73 Å². The van der Waals surface area contributed by atoms with Gasteiger partial charge in [-0.2, -0.15) is 0 Å². The summed E-state index contributed by atoms with van der Waals surface area (Å²) in [5.41, 5.74) is 5.28. The van der Waals surface area contributed by atoms with Crippen molar-refractivity contribution in [2.45, 2.75) is 38.4 Å². The molecule has 0 saturated heterocycles. The minimum atomic E-state index is -1.06. The highest BCUT2D eigenvalue weighted by atomic mass is 32.2. The van der Waals surface area contributed by atoms with Crippen LogP contribution in [0.25, 0.3) is 0 Å². The summed E-state index contributed by atoms with van der Waals surface area (Å²) in [6, 6.07) is 3.06. The number of nitrogens with zero attached hydrogens (tertiary/aromatic N) is 3. The number of hydrogen-bond donors (Lipinski definition) is 1. The lowest BCUT2D eigenvalue weighted by Gasteiger charge is -2.12. The Bertz CT molecular complexity index is 808. The first kappa shape index (κ1) is 20.0. The van der Waals surface area contributed by atoms with Gasteiger partial charge in [-0.3, -0.25) is 9.59 Å². The molecule has 6 nitrogen and oxygen atoms in total. The van der Waals surface area contributed by atoms with Crippen LogP contribution in [0, 0.1) is 17.6 Å². The highest BCUT2D eigenvalue weighted by molar-refractivity contribution is 7.99. The molecule has 0 unspecified atom stereocenters. The first-order valence-electron chi connectivity index (χ1n) is 8.09. The van der Waals surface area contributed by atoms with Crippen molar-refractivity contribution >= 4 is 23.5 Å². The van der Waals surface area contributed by atoms with Crippen molar-refractivity contribution in [3.05, 3.63) is 41.2 Å². The quantitative estimate of drug-likeness (QED) is 0.532. The second-order valence-corrected chi connectivity index (χ2v) is 7.15. The number of aromatic nitrogens is 3. The van der Waals surface area contributed by atoms with Crippen LogP contribution in [0.4, 0.5) is 8.78 Å². The average Bonchev–Trinajstić information content (AvgIpc) is 2.94. The summed E-state index contributed by atoms with van der Waals surface area (Å²) in [5.74, 6) is -1.88. The van der Waals surface area contributed by atoms with Gasteiger partial charge in [-0.25, -0.2) is 8.78 Å². The van der Waals surface area contributed by atoms with Gasteiger partial charge in [0.2, 0.25) is 5.91 Å². The number of thioether (sulfide) groups is 1. The molecular formula is C17H20F2N4O2S. The van der Waals surface area contributed by atoms with E-state index in [1.165, 1.54) is 6.07 Å². The number of nitrogens with two attached hydrogens (primary N) is 1. The van der Waals surface area contributed by atoms with E-state index in [9.17, 15) is 18.4 Å². The Kier molecular flexibility index (Phi) is 6.84. The molecule has 1 heterocycles. The lowest BCUT2D eigenvalue weighted by Crippen LogP contribution is -2.15. The molecule has 2 rings (SSSR count). The van der Waals surface area contributed by atoms with Crippen molar-refractivity contribution < 1.29 is 18.4 Å². The van der Waals surface area contributed by atoms with E-state index >= 15 is 0 Å². The second-order valence-electron chi connectivity index (χ2n) is 6.21. The molecule has 0 bridgehead atoms. The van der Waals surface area contributed by atoms with Gasteiger partial charge in [0.05, 0.1) is 5.75 Å². The van der Waals surface area contributed by atoms with Gasteiger partial charge in [0.25, 0.3) is 0 Å². The molecule has 9 heteroatoms. The Morgan fingerprint density at radius 1 is 1.23 bits per heavy atom. The number of primary amides is 1. The molecule has 140 valence electrons. The molecule has 0 fully saturated rings. The molecule has 0 aliphatic heterocycles. The van der Waals surface area contributed by atoms with Crippen LogP contribution in [0.2, 0.25) is 0 Å². The van der Waals surface area contributed by atoms with E-state index in [0.717, 1.165) is 23.9 Å². The third kappa shape index (κ3) is 5.35. The number of ketones is 1. The predicted molar refractivity (Wildman–Crippen MR) is 93.8 cm³/mol. The number of carbonyl (C=O) groups is 2. The van der Waals surface area contributed by atoms with E-state index in [2.05, 4.69) is 10.2 Å². The van der Waals surface area contributed by atoms with Gasteiger partial charge in [-0.05, 0) is 24.1 Å². The first-order valence-corrected chi connectivity index (χ1v) is 9.08. The molecule has 0 aliphatic carbocycles. The standard InChI is InChI=1S/C17H20F2N4O2S/c1-10(2)8-23-16(6-5-15(20)25)21-22-17(23)26-9-14(24)11-3-4-12(18)13(19)7-11/h3-4,7,10H,5-6,8-9H2,1-2H3,(H2,20,25). The van der Waals surface area contributed by atoms with Crippen molar-refractivity contribution in [3.8, 4) is 0 Å². The van der Waals surface area contributed by atoms with Gasteiger partial charge < -0.3 is 10.3 Å². The molecule has 2 aromatic rings. The SMILES string of the molecule is CC(C)Cn1c(CCC(N)=O)nnc1SCC(=O)c1ccc(F)c(F)c1. The summed E-state index contributed by atoms with van der Waals surface area (Å²) in [7, 11) is 0. The largest absolute Gasteiger partial charge is 0.370 e. The number of halogens is 2. The van der Waals surface area contributed by atoms with Crippen molar-refractivity contribution in [3.63, 3.8) is 0 Å².